The molecule has 0 aliphatic carbocycles. The van der Waals surface area contributed by atoms with Crippen molar-refractivity contribution in [3.05, 3.63) is 59.8 Å². The van der Waals surface area contributed by atoms with Crippen LogP contribution in [-0.2, 0) is 17.6 Å². The molecule has 0 saturated carbocycles. The molecule has 118 valence electrons. The molecule has 1 amide bonds. The van der Waals surface area contributed by atoms with E-state index in [0.29, 0.717) is 6.42 Å². The number of amides is 1. The Balaban J connectivity index is 1.80. The number of hydrogen-bond donors (Lipinski definition) is 2. The molecule has 4 heteroatoms. The van der Waals surface area contributed by atoms with Gasteiger partial charge in [0.05, 0.1) is 13.5 Å². The summed E-state index contributed by atoms with van der Waals surface area (Å²) in [4.78, 5) is 15.6. The van der Waals surface area contributed by atoms with Gasteiger partial charge in [0.1, 0.15) is 5.75 Å². The highest BCUT2D eigenvalue weighted by molar-refractivity contribution is 5.96. The van der Waals surface area contributed by atoms with Gasteiger partial charge in [-0.25, -0.2) is 0 Å². The number of carbonyl (C=O) groups excluding carboxylic acids is 1. The molecule has 2 N–H and O–H groups in total. The van der Waals surface area contributed by atoms with Crippen LogP contribution in [0.2, 0.25) is 0 Å². The molecule has 0 radical (unpaired) electrons. The van der Waals surface area contributed by atoms with Crippen LogP contribution in [0.5, 0.6) is 5.75 Å². The average molecular weight is 308 g/mol. The second kappa shape index (κ2) is 6.57. The minimum absolute atomic E-state index is 0.0189. The Morgan fingerprint density at radius 2 is 2.00 bits per heavy atom. The fourth-order valence-corrected chi connectivity index (χ4v) is 2.75. The van der Waals surface area contributed by atoms with Crippen LogP contribution in [0.25, 0.3) is 10.9 Å². The van der Waals surface area contributed by atoms with E-state index in [4.69, 9.17) is 4.74 Å². The molecule has 0 aliphatic heterocycles. The first-order chi connectivity index (χ1) is 11.2. The van der Waals surface area contributed by atoms with Gasteiger partial charge in [-0.1, -0.05) is 25.1 Å². The maximum atomic E-state index is 12.4. The molecule has 0 unspecified atom stereocenters. The van der Waals surface area contributed by atoms with Crippen molar-refractivity contribution >= 4 is 22.5 Å². The second-order valence-electron chi connectivity index (χ2n) is 5.46. The van der Waals surface area contributed by atoms with Gasteiger partial charge in [-0.15, -0.1) is 0 Å². The van der Waals surface area contributed by atoms with Gasteiger partial charge >= 0.3 is 0 Å². The van der Waals surface area contributed by atoms with E-state index in [-0.39, 0.29) is 5.91 Å². The topological polar surface area (TPSA) is 54.1 Å². The molecular weight excluding hydrogens is 288 g/mol. The van der Waals surface area contributed by atoms with E-state index in [0.717, 1.165) is 39.9 Å². The lowest BCUT2D eigenvalue weighted by molar-refractivity contribution is -0.115. The smallest absolute Gasteiger partial charge is 0.228 e. The van der Waals surface area contributed by atoms with Gasteiger partial charge in [0.25, 0.3) is 0 Å². The van der Waals surface area contributed by atoms with Crippen molar-refractivity contribution in [1.82, 2.24) is 4.98 Å². The summed E-state index contributed by atoms with van der Waals surface area (Å²) in [5, 5.41) is 4.03. The molecule has 3 rings (SSSR count). The Morgan fingerprint density at radius 1 is 1.17 bits per heavy atom. The molecule has 0 aliphatic rings. The molecule has 3 aromatic rings. The molecular formula is C19H20N2O2. The highest BCUT2D eigenvalue weighted by Gasteiger charge is 2.11. The number of H-pyrrole nitrogens is 1. The lowest BCUT2D eigenvalue weighted by atomic mass is 10.1. The first-order valence-electron chi connectivity index (χ1n) is 7.73. The summed E-state index contributed by atoms with van der Waals surface area (Å²) in [5.41, 5.74) is 3.99. The molecule has 0 spiro atoms. The van der Waals surface area contributed by atoms with Crippen molar-refractivity contribution < 1.29 is 9.53 Å². The predicted molar refractivity (Wildman–Crippen MR) is 93.0 cm³/mol. The van der Waals surface area contributed by atoms with Crippen LogP contribution >= 0.6 is 0 Å². The summed E-state index contributed by atoms with van der Waals surface area (Å²) in [7, 11) is 1.64. The van der Waals surface area contributed by atoms with Crippen LogP contribution in [0.15, 0.2) is 48.7 Å². The number of aromatic amines is 1. The number of benzene rings is 2. The minimum Gasteiger partial charge on any atom is -0.497 e. The molecule has 0 atom stereocenters. The fraction of sp³-hybridized carbons (Fsp3) is 0.211. The number of para-hydroxylation sites is 1. The van der Waals surface area contributed by atoms with Gasteiger partial charge in [-0.05, 0) is 41.8 Å². The molecule has 2 aromatic carbocycles. The van der Waals surface area contributed by atoms with Gasteiger partial charge in [0.2, 0.25) is 5.91 Å². The number of fused-ring (bicyclic) bond motifs is 1. The fourth-order valence-electron chi connectivity index (χ4n) is 2.75. The largest absolute Gasteiger partial charge is 0.497 e. The number of aryl methyl sites for hydroxylation is 1. The highest BCUT2D eigenvalue weighted by atomic mass is 16.5. The SMILES string of the molecule is CCc1ccccc1NC(=O)Cc1c[nH]c2ccc(OC)cc12. The van der Waals surface area contributed by atoms with Crippen LogP contribution in [0, 0.1) is 0 Å². The van der Waals surface area contributed by atoms with Gasteiger partial charge in [0, 0.05) is 22.8 Å². The Morgan fingerprint density at radius 3 is 2.78 bits per heavy atom. The zero-order valence-corrected chi connectivity index (χ0v) is 13.3. The maximum Gasteiger partial charge on any atom is 0.228 e. The third kappa shape index (κ3) is 3.21. The molecule has 0 fully saturated rings. The lowest BCUT2D eigenvalue weighted by Crippen LogP contribution is -2.15. The number of rotatable bonds is 5. The first-order valence-corrected chi connectivity index (χ1v) is 7.73. The van der Waals surface area contributed by atoms with Gasteiger partial charge in [-0.3, -0.25) is 4.79 Å². The minimum atomic E-state index is -0.0189. The van der Waals surface area contributed by atoms with Crippen molar-refractivity contribution in [1.29, 1.82) is 0 Å². The predicted octanol–water partition coefficient (Wildman–Crippen LogP) is 3.92. The van der Waals surface area contributed by atoms with E-state index < -0.39 is 0 Å². The molecule has 4 nitrogen and oxygen atoms in total. The Kier molecular flexibility index (Phi) is 4.33. The first kappa shape index (κ1) is 15.2. The Hall–Kier alpha value is -2.75. The third-order valence-electron chi connectivity index (χ3n) is 4.00. The maximum absolute atomic E-state index is 12.4. The summed E-state index contributed by atoms with van der Waals surface area (Å²) in [6.07, 6.45) is 3.10. The van der Waals surface area contributed by atoms with Crippen molar-refractivity contribution in [3.8, 4) is 5.75 Å². The number of carbonyl (C=O) groups is 1. The second-order valence-corrected chi connectivity index (χ2v) is 5.46. The highest BCUT2D eigenvalue weighted by Crippen LogP contribution is 2.24. The number of hydrogen-bond acceptors (Lipinski definition) is 2. The number of aromatic nitrogens is 1. The van der Waals surface area contributed by atoms with Crippen LogP contribution < -0.4 is 10.1 Å². The quantitative estimate of drug-likeness (QED) is 0.750. The molecule has 23 heavy (non-hydrogen) atoms. The zero-order chi connectivity index (χ0) is 16.2. The summed E-state index contributed by atoms with van der Waals surface area (Å²) in [6.45, 7) is 2.08. The van der Waals surface area contributed by atoms with Crippen molar-refractivity contribution in [2.24, 2.45) is 0 Å². The number of methoxy groups -OCH3 is 1. The van der Waals surface area contributed by atoms with Gasteiger partial charge in [-0.2, -0.15) is 0 Å². The summed E-state index contributed by atoms with van der Waals surface area (Å²) in [5.74, 6) is 0.768. The van der Waals surface area contributed by atoms with E-state index in [2.05, 4.69) is 17.2 Å². The van der Waals surface area contributed by atoms with E-state index in [1.165, 1.54) is 0 Å². The van der Waals surface area contributed by atoms with E-state index in [1.54, 1.807) is 7.11 Å². The Labute approximate surface area is 135 Å². The van der Waals surface area contributed by atoms with Crippen molar-refractivity contribution in [3.63, 3.8) is 0 Å². The van der Waals surface area contributed by atoms with E-state index >= 15 is 0 Å². The molecule has 1 heterocycles. The van der Waals surface area contributed by atoms with E-state index in [1.807, 2.05) is 48.7 Å². The zero-order valence-electron chi connectivity index (χ0n) is 13.3. The number of anilines is 1. The van der Waals surface area contributed by atoms with Crippen LogP contribution in [0.4, 0.5) is 5.69 Å². The third-order valence-corrected chi connectivity index (χ3v) is 4.00. The van der Waals surface area contributed by atoms with Crippen LogP contribution in [0.3, 0.4) is 0 Å². The lowest BCUT2D eigenvalue weighted by Gasteiger charge is -2.09. The number of nitrogens with one attached hydrogen (secondary N) is 2. The van der Waals surface area contributed by atoms with Gasteiger partial charge < -0.3 is 15.0 Å². The average Bonchev–Trinajstić information content (AvgIpc) is 2.97. The molecule has 1 aromatic heterocycles. The number of ether oxygens (including phenoxy) is 1. The van der Waals surface area contributed by atoms with Crippen LogP contribution in [0.1, 0.15) is 18.1 Å². The Bertz CT molecular complexity index is 836. The van der Waals surface area contributed by atoms with Crippen molar-refractivity contribution in [2.45, 2.75) is 19.8 Å². The summed E-state index contributed by atoms with van der Waals surface area (Å²) in [6, 6.07) is 13.7. The summed E-state index contributed by atoms with van der Waals surface area (Å²) >= 11 is 0. The normalized spacial score (nSPS) is 10.7. The summed E-state index contributed by atoms with van der Waals surface area (Å²) < 4.78 is 5.26. The van der Waals surface area contributed by atoms with E-state index in [9.17, 15) is 4.79 Å². The molecule has 0 bridgehead atoms. The molecule has 0 saturated heterocycles. The van der Waals surface area contributed by atoms with Crippen molar-refractivity contribution in [2.75, 3.05) is 12.4 Å². The monoisotopic (exact) mass is 308 g/mol. The van der Waals surface area contributed by atoms with Crippen LogP contribution in [-0.4, -0.2) is 18.0 Å². The van der Waals surface area contributed by atoms with Gasteiger partial charge in [0.15, 0.2) is 0 Å². The standard InChI is InChI=1S/C19H20N2O2/c1-3-13-6-4-5-7-17(13)21-19(22)10-14-12-20-18-9-8-15(23-2)11-16(14)18/h4-9,11-12,20H,3,10H2,1-2H3,(H,21,22).